The Morgan fingerprint density at radius 1 is 0.516 bits per heavy atom. The smallest absolute Gasteiger partial charge is 0.162 e. The van der Waals surface area contributed by atoms with E-state index in [4.69, 9.17) is 28.9 Å². The first kappa shape index (κ1) is 44.1. The lowest BCUT2D eigenvalue weighted by molar-refractivity contribution is -0.251. The summed E-state index contributed by atoms with van der Waals surface area (Å²) in [5.74, 6) is -0.764. The maximum absolute atomic E-state index is 6.08. The van der Waals surface area contributed by atoms with Crippen molar-refractivity contribution >= 4 is 44.4 Å². The number of H-pyrrole nitrogens is 2. The molecule has 334 valence electrons. The van der Waals surface area contributed by atoms with Crippen LogP contribution < -0.4 is 0 Å². The zero-order chi connectivity index (χ0) is 45.2. The predicted molar refractivity (Wildman–Crippen MR) is 263 cm³/mol. The first-order valence-electron chi connectivity index (χ1n) is 23.6. The molecule has 0 atom stereocenters. The van der Waals surface area contributed by atoms with Gasteiger partial charge in [-0.15, -0.1) is 0 Å². The minimum atomic E-state index is -0.558. The molecule has 3 aromatic heterocycles. The molecule has 4 aliphatic heterocycles. The van der Waals surface area contributed by atoms with Crippen LogP contribution in [-0.4, -0.2) is 57.9 Å². The van der Waals surface area contributed by atoms with Crippen LogP contribution in [0.3, 0.4) is 0 Å². The zero-order valence-electron chi connectivity index (χ0n) is 40.1. The maximum Gasteiger partial charge on any atom is 0.162 e. The molecule has 2 fully saturated rings. The number of nitrogens with zero attached hydrogens (tertiary/aromatic N) is 2. The average Bonchev–Trinajstić information content (AvgIpc) is 3.97. The highest BCUT2D eigenvalue weighted by Crippen LogP contribution is 2.45. The van der Waals surface area contributed by atoms with Crippen LogP contribution in [0.1, 0.15) is 150 Å². The van der Waals surface area contributed by atoms with E-state index in [1.807, 2.05) is 27.7 Å². The summed E-state index contributed by atoms with van der Waals surface area (Å²) in [7, 11) is 0. The van der Waals surface area contributed by atoms with Crippen LogP contribution in [0, 0.1) is 13.8 Å². The molecular formula is C56H66N4O4. The molecule has 9 rings (SSSR count). The van der Waals surface area contributed by atoms with Crippen LogP contribution in [0.4, 0.5) is 0 Å². The number of hydrogen-bond donors (Lipinski definition) is 2. The SMILES string of the molecule is CCC1=C(C)c2nc1cc1[nH]c(c(C)c1CC)c(-c1ccc(C3COC(C)(C)OC3)cc1)c1[nH]c(cc3nc(c2-c2ccc(C4COC(C)(C)OC4)cc2)C(C)=C3CC)c(CC)c1C. The Morgan fingerprint density at radius 2 is 0.875 bits per heavy atom. The Balaban J connectivity index is 1.33. The normalized spacial score (nSPS) is 18.1. The molecule has 0 saturated carbocycles. The third-order valence-electron chi connectivity index (χ3n) is 14.3. The van der Waals surface area contributed by atoms with Gasteiger partial charge in [0.1, 0.15) is 0 Å². The van der Waals surface area contributed by atoms with E-state index in [1.165, 1.54) is 55.7 Å². The summed E-state index contributed by atoms with van der Waals surface area (Å²) in [5.41, 5.74) is 25.3. The molecule has 8 heteroatoms. The number of fused-ring (bicyclic) bond motifs is 8. The van der Waals surface area contributed by atoms with Gasteiger partial charge in [0.05, 0.1) is 60.2 Å². The van der Waals surface area contributed by atoms with Gasteiger partial charge in [-0.05, 0) is 160 Å². The van der Waals surface area contributed by atoms with Crippen molar-refractivity contribution < 1.29 is 18.9 Å². The molecule has 0 unspecified atom stereocenters. The van der Waals surface area contributed by atoms with Crippen LogP contribution in [0.15, 0.2) is 60.7 Å². The zero-order valence-corrected chi connectivity index (χ0v) is 40.1. The minimum Gasteiger partial charge on any atom is -0.354 e. The fraction of sp³-hybridized carbons (Fsp3) is 0.429. The Hall–Kier alpha value is -5.12. The second-order valence-electron chi connectivity index (χ2n) is 19.1. The number of aryl methyl sites for hydroxylation is 4. The third-order valence-corrected chi connectivity index (χ3v) is 14.3. The van der Waals surface area contributed by atoms with Crippen molar-refractivity contribution in [3.63, 3.8) is 0 Å². The van der Waals surface area contributed by atoms with E-state index in [0.717, 1.165) is 92.8 Å². The number of allylic oxidation sites excluding steroid dienone is 4. The van der Waals surface area contributed by atoms with Gasteiger partial charge in [-0.3, -0.25) is 0 Å². The van der Waals surface area contributed by atoms with E-state index in [9.17, 15) is 0 Å². The summed E-state index contributed by atoms with van der Waals surface area (Å²) in [6, 6.07) is 22.7. The highest BCUT2D eigenvalue weighted by Gasteiger charge is 2.32. The van der Waals surface area contributed by atoms with E-state index in [1.54, 1.807) is 0 Å². The van der Waals surface area contributed by atoms with Gasteiger partial charge >= 0.3 is 0 Å². The molecular weight excluding hydrogens is 793 g/mol. The average molecular weight is 859 g/mol. The number of aromatic amines is 2. The van der Waals surface area contributed by atoms with Gasteiger partial charge in [-0.25, -0.2) is 9.97 Å². The lowest BCUT2D eigenvalue weighted by Crippen LogP contribution is -2.38. The summed E-state index contributed by atoms with van der Waals surface area (Å²) >= 11 is 0. The van der Waals surface area contributed by atoms with Crippen LogP contribution >= 0.6 is 0 Å². The molecule has 8 bridgehead atoms. The van der Waals surface area contributed by atoms with Crippen molar-refractivity contribution in [1.82, 2.24) is 19.9 Å². The number of rotatable bonds is 8. The molecule has 2 aromatic carbocycles. The van der Waals surface area contributed by atoms with E-state index >= 15 is 0 Å². The summed E-state index contributed by atoms with van der Waals surface area (Å²) in [6.45, 7) is 28.5. The highest BCUT2D eigenvalue weighted by molar-refractivity contribution is 6.03. The third kappa shape index (κ3) is 7.80. The van der Waals surface area contributed by atoms with E-state index in [0.29, 0.717) is 26.4 Å². The molecule has 0 aliphatic carbocycles. The molecule has 8 nitrogen and oxygen atoms in total. The maximum atomic E-state index is 6.08. The van der Waals surface area contributed by atoms with Crippen molar-refractivity contribution in [1.29, 1.82) is 0 Å². The summed E-state index contributed by atoms with van der Waals surface area (Å²) in [6.07, 6.45) is 3.48. The van der Waals surface area contributed by atoms with Crippen molar-refractivity contribution in [2.45, 2.75) is 132 Å². The van der Waals surface area contributed by atoms with Crippen LogP contribution in [-0.2, 0) is 31.8 Å². The monoisotopic (exact) mass is 859 g/mol. The molecule has 0 radical (unpaired) electrons. The fourth-order valence-electron chi connectivity index (χ4n) is 10.5. The van der Waals surface area contributed by atoms with E-state index in [-0.39, 0.29) is 11.8 Å². The largest absolute Gasteiger partial charge is 0.354 e. The minimum absolute atomic E-state index is 0.169. The summed E-state index contributed by atoms with van der Waals surface area (Å²) in [5, 5.41) is 0. The van der Waals surface area contributed by atoms with Gasteiger partial charge in [0.2, 0.25) is 0 Å². The number of nitrogens with one attached hydrogen (secondary N) is 2. The Morgan fingerprint density at radius 3 is 1.22 bits per heavy atom. The molecule has 64 heavy (non-hydrogen) atoms. The summed E-state index contributed by atoms with van der Waals surface area (Å²) in [4.78, 5) is 19.3. The molecule has 7 heterocycles. The van der Waals surface area contributed by atoms with Gasteiger partial charge in [0.15, 0.2) is 11.6 Å². The van der Waals surface area contributed by atoms with E-state index < -0.39 is 11.6 Å². The number of hydrogen-bond acceptors (Lipinski definition) is 6. The number of ether oxygens (including phenoxy) is 4. The lowest BCUT2D eigenvalue weighted by atomic mass is 9.91. The van der Waals surface area contributed by atoms with Crippen LogP contribution in [0.2, 0.25) is 0 Å². The second-order valence-corrected chi connectivity index (χ2v) is 19.1. The molecule has 2 N–H and O–H groups in total. The van der Waals surface area contributed by atoms with Crippen molar-refractivity contribution in [2.75, 3.05) is 26.4 Å². The van der Waals surface area contributed by atoms with Gasteiger partial charge in [0.25, 0.3) is 0 Å². The highest BCUT2D eigenvalue weighted by atomic mass is 16.7. The Bertz CT molecular complexity index is 2730. The standard InChI is InChI=1S/C56H66N4O4/c1-13-41-31(5)51-49(37-21-17-35(18-22-37)39-27-61-55(9,10)62-28-39)52-33(7)43(15-3)47(59-52)26-48-44(16-4)34(8)54(60-48)50(53-32(6)42(14-2)46(58-53)25-45(41)57-51)38-23-19-36(20-24-38)40-29-63-56(11,12)64-30-40/h17-26,39-40,57,59H,13-16,27-30H2,1-12H3. The van der Waals surface area contributed by atoms with Gasteiger partial charge < -0.3 is 28.9 Å². The summed E-state index contributed by atoms with van der Waals surface area (Å²) < 4.78 is 24.3. The quantitative estimate of drug-likeness (QED) is 0.161. The molecule has 0 amide bonds. The lowest BCUT2D eigenvalue weighted by Gasteiger charge is -2.35. The van der Waals surface area contributed by atoms with Crippen LogP contribution in [0.5, 0.6) is 0 Å². The molecule has 4 aliphatic rings. The molecule has 2 saturated heterocycles. The Labute approximate surface area is 379 Å². The molecule has 0 spiro atoms. The number of benzene rings is 2. The number of aromatic nitrogens is 4. The van der Waals surface area contributed by atoms with Gasteiger partial charge in [0, 0.05) is 34.0 Å². The fourth-order valence-corrected chi connectivity index (χ4v) is 10.5. The van der Waals surface area contributed by atoms with E-state index in [2.05, 4.69) is 126 Å². The first-order chi connectivity index (χ1) is 30.6. The van der Waals surface area contributed by atoms with Crippen molar-refractivity contribution in [3.05, 3.63) is 117 Å². The predicted octanol–water partition coefficient (Wildman–Crippen LogP) is 13.8. The van der Waals surface area contributed by atoms with Crippen molar-refractivity contribution in [2.24, 2.45) is 0 Å². The Kier molecular flexibility index (Phi) is 11.7. The van der Waals surface area contributed by atoms with Crippen LogP contribution in [0.25, 0.3) is 66.6 Å². The van der Waals surface area contributed by atoms with Gasteiger partial charge in [-0.2, -0.15) is 0 Å². The van der Waals surface area contributed by atoms with Gasteiger partial charge in [-0.1, -0.05) is 76.2 Å². The molecule has 5 aromatic rings. The first-order valence-corrected chi connectivity index (χ1v) is 23.6. The topological polar surface area (TPSA) is 94.3 Å². The second kappa shape index (κ2) is 17.0. The van der Waals surface area contributed by atoms with Crippen molar-refractivity contribution in [3.8, 4) is 22.3 Å².